The highest BCUT2D eigenvalue weighted by atomic mass is 35.5. The van der Waals surface area contributed by atoms with E-state index < -0.39 is 173 Å². The number of halogens is 4. The monoisotopic (exact) mass is 1370 g/mol. The summed E-state index contributed by atoms with van der Waals surface area (Å²) < 4.78 is 41.4. The van der Waals surface area contributed by atoms with Gasteiger partial charge in [0.05, 0.1) is 36.6 Å². The third-order valence-electron chi connectivity index (χ3n) is 20.2. The van der Waals surface area contributed by atoms with Crippen LogP contribution in [0.4, 0.5) is 13.2 Å². The highest BCUT2D eigenvalue weighted by molar-refractivity contribution is 6.31. The van der Waals surface area contributed by atoms with E-state index in [4.69, 9.17) is 11.6 Å². The van der Waals surface area contributed by atoms with Gasteiger partial charge in [-0.15, -0.1) is 0 Å². The van der Waals surface area contributed by atoms with Crippen LogP contribution in [0.1, 0.15) is 168 Å². The van der Waals surface area contributed by atoms with E-state index in [0.29, 0.717) is 57.2 Å². The molecular formula is C68H104ClF3N12O12. The second-order valence-electron chi connectivity index (χ2n) is 28.3. The number of likely N-dealkylation sites (tertiary alicyclic amines) is 1. The number of amides is 12. The summed E-state index contributed by atoms with van der Waals surface area (Å²) in [5, 5.41) is 10.8. The van der Waals surface area contributed by atoms with E-state index in [1.165, 1.54) is 68.0 Å². The first-order valence-corrected chi connectivity index (χ1v) is 34.7. The Labute approximate surface area is 568 Å². The van der Waals surface area contributed by atoms with E-state index in [1.54, 1.807) is 25.7 Å². The molecule has 536 valence electrons. The van der Waals surface area contributed by atoms with Gasteiger partial charge in [0.25, 0.3) is 0 Å². The maximum Gasteiger partial charge on any atom is 0.417 e. The van der Waals surface area contributed by atoms with Crippen molar-refractivity contribution in [3.63, 3.8) is 0 Å². The lowest BCUT2D eigenvalue weighted by atomic mass is 9.84. The summed E-state index contributed by atoms with van der Waals surface area (Å²) in [6.07, 6.45) is 2.56. The topological polar surface area (TPSA) is 279 Å². The number of rotatable bonds is 11. The predicted molar refractivity (Wildman–Crippen MR) is 353 cm³/mol. The third-order valence-corrected chi connectivity index (χ3v) is 20.5. The fourth-order valence-electron chi connectivity index (χ4n) is 14.2. The van der Waals surface area contributed by atoms with Crippen LogP contribution in [0, 0.1) is 23.7 Å². The molecule has 8 atom stereocenters. The molecule has 0 radical (unpaired) electrons. The Morgan fingerprint density at radius 2 is 1.26 bits per heavy atom. The van der Waals surface area contributed by atoms with Crippen molar-refractivity contribution in [3.05, 3.63) is 34.3 Å². The van der Waals surface area contributed by atoms with Gasteiger partial charge < -0.3 is 60.5 Å². The standard InChI is InChI=1S/C68H104ClF3N12O12/c1-13-43(6)57-65(95)79(9)39-55(87)77(7)40-56(88)81(11)52(36-44-22-15-14-16-23-44)64(94)78(8)38-53(85)73-48(28-26-45-25-27-46(47(69)35-45)68(70,71)72)63(93)84-33-21-24-50(84)60(90)76-67(29-17-18-30-67)66(96)82(12)58(42(4)5)61(91)74-49(62(92)83-31-19-20-32-83)37-54(86)80(10)51(34-41(2)3)59(89)75-57/h25,27,35,41-44,48-52,57-58H,13-24,26,28-34,36-40H2,1-12H3,(H,73,85)(H,74,91)(H,75,89)(H,76,90)/t43-,48-,49-,50-,51-,52-,57-,58-/m0/s1. The molecule has 1 aromatic carbocycles. The van der Waals surface area contributed by atoms with E-state index in [-0.39, 0.29) is 63.3 Å². The summed E-state index contributed by atoms with van der Waals surface area (Å²) in [4.78, 5) is 186. The van der Waals surface area contributed by atoms with Crippen molar-refractivity contribution in [2.45, 2.75) is 218 Å². The fraction of sp³-hybridized carbons (Fsp3) is 0.735. The molecule has 1 spiro atoms. The summed E-state index contributed by atoms with van der Waals surface area (Å²) in [5.41, 5.74) is -2.36. The molecule has 6 rings (SSSR count). The number of aryl methyl sites for hydroxylation is 1. The van der Waals surface area contributed by atoms with Crippen LogP contribution in [0.2, 0.25) is 5.02 Å². The van der Waals surface area contributed by atoms with E-state index in [0.717, 1.165) is 58.9 Å². The zero-order valence-corrected chi connectivity index (χ0v) is 59.0. The van der Waals surface area contributed by atoms with Crippen LogP contribution in [0.5, 0.6) is 0 Å². The molecule has 3 saturated heterocycles. The molecule has 5 aliphatic rings. The summed E-state index contributed by atoms with van der Waals surface area (Å²) in [6, 6.07) is -5.72. The molecule has 4 N–H and O–H groups in total. The number of fused-ring (bicyclic) bond motifs is 1. The Kier molecular flexibility index (Phi) is 28.0. The van der Waals surface area contributed by atoms with Gasteiger partial charge in [-0.25, -0.2) is 0 Å². The number of nitrogens with one attached hydrogen (secondary N) is 4. The van der Waals surface area contributed by atoms with Crippen LogP contribution in [0.3, 0.4) is 0 Å². The zero-order valence-electron chi connectivity index (χ0n) is 58.2. The highest BCUT2D eigenvalue weighted by Crippen LogP contribution is 2.37. The Bertz CT molecular complexity index is 2990. The van der Waals surface area contributed by atoms with Gasteiger partial charge >= 0.3 is 6.18 Å². The summed E-state index contributed by atoms with van der Waals surface area (Å²) in [5.74, 6) is -9.33. The molecular weight excluding hydrogens is 1270 g/mol. The van der Waals surface area contributed by atoms with Gasteiger partial charge in [-0.05, 0) is 106 Å². The minimum absolute atomic E-state index is 0.0190. The summed E-state index contributed by atoms with van der Waals surface area (Å²) in [7, 11) is 8.39. The van der Waals surface area contributed by atoms with E-state index in [9.17, 15) is 61.1 Å². The zero-order chi connectivity index (χ0) is 71.3. The van der Waals surface area contributed by atoms with Crippen molar-refractivity contribution in [2.24, 2.45) is 23.7 Å². The van der Waals surface area contributed by atoms with Crippen molar-refractivity contribution >= 4 is 82.5 Å². The quantitative estimate of drug-likeness (QED) is 0.233. The molecule has 2 saturated carbocycles. The lowest BCUT2D eigenvalue weighted by Gasteiger charge is -2.39. The van der Waals surface area contributed by atoms with Crippen LogP contribution >= 0.6 is 11.6 Å². The number of hydrogen-bond acceptors (Lipinski definition) is 12. The van der Waals surface area contributed by atoms with Gasteiger partial charge in [-0.3, -0.25) is 57.5 Å². The van der Waals surface area contributed by atoms with Gasteiger partial charge in [0.2, 0.25) is 70.9 Å². The molecule has 0 unspecified atom stereocenters. The van der Waals surface area contributed by atoms with Crippen LogP contribution < -0.4 is 21.3 Å². The molecule has 5 fully saturated rings. The smallest absolute Gasteiger partial charge is 0.343 e. The minimum Gasteiger partial charge on any atom is -0.343 e. The molecule has 12 amide bonds. The molecule has 2 aliphatic carbocycles. The number of benzene rings is 1. The van der Waals surface area contributed by atoms with Gasteiger partial charge in [0.1, 0.15) is 47.8 Å². The fourth-order valence-corrected chi connectivity index (χ4v) is 14.5. The molecule has 28 heteroatoms. The number of carbonyl (C=O) groups excluding carboxylic acids is 12. The van der Waals surface area contributed by atoms with Gasteiger partial charge in [0, 0.05) is 61.9 Å². The Balaban J connectivity index is 1.40. The summed E-state index contributed by atoms with van der Waals surface area (Å²) >= 11 is 6.13. The second-order valence-corrected chi connectivity index (χ2v) is 28.7. The predicted octanol–water partition coefficient (Wildman–Crippen LogP) is 4.77. The molecule has 3 aliphatic heterocycles. The van der Waals surface area contributed by atoms with Crippen molar-refractivity contribution in [3.8, 4) is 0 Å². The molecule has 0 aromatic heterocycles. The van der Waals surface area contributed by atoms with Crippen molar-refractivity contribution in [1.29, 1.82) is 0 Å². The van der Waals surface area contributed by atoms with Gasteiger partial charge in [0.15, 0.2) is 0 Å². The molecule has 96 heavy (non-hydrogen) atoms. The van der Waals surface area contributed by atoms with Crippen molar-refractivity contribution < 1.29 is 70.7 Å². The average Bonchev–Trinajstić information content (AvgIpc) is 1.53. The van der Waals surface area contributed by atoms with E-state index in [1.807, 2.05) is 20.8 Å². The minimum atomic E-state index is -4.76. The normalized spacial score (nSPS) is 26.2. The molecule has 0 bridgehead atoms. The van der Waals surface area contributed by atoms with Crippen LogP contribution in [0.15, 0.2) is 18.2 Å². The van der Waals surface area contributed by atoms with Crippen molar-refractivity contribution in [1.82, 2.24) is 60.5 Å². The lowest BCUT2D eigenvalue weighted by molar-refractivity contribution is -0.150. The Hall–Kier alpha value is -7.06. The van der Waals surface area contributed by atoms with E-state index >= 15 is 9.59 Å². The second kappa shape index (κ2) is 34.4. The number of nitrogens with zero attached hydrogens (tertiary/aromatic N) is 8. The average molecular weight is 1370 g/mol. The van der Waals surface area contributed by atoms with Crippen molar-refractivity contribution in [2.75, 3.05) is 81.6 Å². The highest BCUT2D eigenvalue weighted by Gasteiger charge is 2.50. The SMILES string of the molecule is CC[C@H](C)[C@@H]1NC(=O)[C@H](CC(C)C)N(C)C(=O)C[C@@H](C(=O)N2CCCC2)NC(=O)[C@H](C(C)C)N(C)C(=O)C2(CCCC2)NC(=O)[C@@H]2CCCN2C(=O)[C@H](CCc2ccc(C(F)(F)F)c(Cl)c2)NC(=O)CN(C)C(=O)[C@H](CC2CCCCC2)N(C)C(=O)CN(C)C(=O)CN(C)C1=O. The van der Waals surface area contributed by atoms with E-state index in [2.05, 4.69) is 21.3 Å². The van der Waals surface area contributed by atoms with Gasteiger partial charge in [-0.1, -0.05) is 111 Å². The summed E-state index contributed by atoms with van der Waals surface area (Å²) in [6.45, 7) is 9.75. The third kappa shape index (κ3) is 19.8. The number of carbonyl (C=O) groups is 12. The first-order chi connectivity index (χ1) is 45.1. The lowest BCUT2D eigenvalue weighted by Crippen LogP contribution is -2.65. The van der Waals surface area contributed by atoms with Crippen LogP contribution in [-0.2, 0) is 70.1 Å². The number of alkyl halides is 3. The Morgan fingerprint density at radius 1 is 0.646 bits per heavy atom. The van der Waals surface area contributed by atoms with Gasteiger partial charge in [-0.2, -0.15) is 13.2 Å². The van der Waals surface area contributed by atoms with Crippen LogP contribution in [0.25, 0.3) is 0 Å². The molecule has 24 nitrogen and oxygen atoms in total. The number of hydrogen-bond donors (Lipinski definition) is 4. The van der Waals surface area contributed by atoms with Crippen LogP contribution in [-0.4, -0.2) is 239 Å². The molecule has 3 heterocycles. The first kappa shape index (κ1) is 77.9. The maximum atomic E-state index is 15.3. The molecule has 1 aromatic rings. The Morgan fingerprint density at radius 3 is 1.85 bits per heavy atom. The first-order valence-electron chi connectivity index (χ1n) is 34.3. The maximum absolute atomic E-state index is 15.3. The largest absolute Gasteiger partial charge is 0.417 e. The number of likely N-dealkylation sites (N-methyl/N-ethyl adjacent to an activating group) is 6.